The second kappa shape index (κ2) is 9.76. The number of rotatable bonds is 4. The van der Waals surface area contributed by atoms with Crippen molar-refractivity contribution in [3.8, 4) is 0 Å². The summed E-state index contributed by atoms with van der Waals surface area (Å²) in [7, 11) is 0. The molecule has 1 saturated carbocycles. The first-order valence-corrected chi connectivity index (χ1v) is 6.05. The summed E-state index contributed by atoms with van der Waals surface area (Å²) in [6.07, 6.45) is 0. The fraction of sp³-hybridized carbons (Fsp3) is 0.500. The zero-order valence-corrected chi connectivity index (χ0v) is 12.4. The maximum atomic E-state index is 10.7. The van der Waals surface area contributed by atoms with E-state index in [2.05, 4.69) is 0 Å². The van der Waals surface area contributed by atoms with E-state index in [4.69, 9.17) is 40.2 Å². The van der Waals surface area contributed by atoms with E-state index in [-0.39, 0.29) is 0 Å². The fourth-order valence-corrected chi connectivity index (χ4v) is 1.98. The molecule has 12 nitrogen and oxygen atoms in total. The third kappa shape index (κ3) is 7.20. The van der Waals surface area contributed by atoms with Gasteiger partial charge in [0.25, 0.3) is 11.9 Å². The summed E-state index contributed by atoms with van der Waals surface area (Å²) in [6, 6.07) is 0. The van der Waals surface area contributed by atoms with E-state index in [0.717, 1.165) is 13.8 Å². The Kier molecular flexibility index (Phi) is 9.39. The fourth-order valence-electron chi connectivity index (χ4n) is 1.98. The highest BCUT2D eigenvalue weighted by atomic mass is 16.4. The molecule has 0 heterocycles. The summed E-state index contributed by atoms with van der Waals surface area (Å²) in [5, 5.41) is 49.4. The Bertz CT molecular complexity index is 436. The Morgan fingerprint density at radius 1 is 0.458 bits per heavy atom. The van der Waals surface area contributed by atoms with Gasteiger partial charge in [-0.2, -0.15) is 0 Å². The largest absolute Gasteiger partial charge is 0.481 e. The quantitative estimate of drug-likeness (QED) is 0.357. The Labute approximate surface area is 133 Å². The zero-order valence-electron chi connectivity index (χ0n) is 12.4. The van der Waals surface area contributed by atoms with E-state index in [1.807, 2.05) is 0 Å². The predicted molar refractivity (Wildman–Crippen MR) is 71.1 cm³/mol. The van der Waals surface area contributed by atoms with Gasteiger partial charge in [0.15, 0.2) is 0 Å². The van der Waals surface area contributed by atoms with Crippen LogP contribution in [-0.2, 0) is 28.8 Å². The van der Waals surface area contributed by atoms with Crippen LogP contribution in [0.15, 0.2) is 0 Å². The van der Waals surface area contributed by atoms with Crippen LogP contribution >= 0.6 is 0 Å². The topological polar surface area (TPSA) is 224 Å². The van der Waals surface area contributed by atoms with Gasteiger partial charge in [-0.25, -0.2) is 0 Å². The molecule has 0 unspecified atom stereocenters. The van der Waals surface area contributed by atoms with Crippen LogP contribution in [0, 0.1) is 23.7 Å². The molecular weight excluding hydrogens is 336 g/mol. The molecule has 1 aliphatic rings. The lowest BCUT2D eigenvalue weighted by Gasteiger charge is -2.42. The number of hydrogen-bond acceptors (Lipinski definition) is 6. The molecule has 136 valence electrons. The SMILES string of the molecule is CC(=O)O.CC(=O)O.O=C(O)C1C(C(=O)O)C(C(=O)O)C1C(=O)O. The van der Waals surface area contributed by atoms with Gasteiger partial charge in [-0.15, -0.1) is 0 Å². The van der Waals surface area contributed by atoms with Crippen LogP contribution in [0.25, 0.3) is 0 Å². The zero-order chi connectivity index (χ0) is 19.8. The third-order valence-corrected chi connectivity index (χ3v) is 2.69. The molecule has 0 aliphatic heterocycles. The minimum Gasteiger partial charge on any atom is -0.481 e. The first-order chi connectivity index (χ1) is 10.7. The average Bonchev–Trinajstić information content (AvgIpc) is 2.22. The molecule has 0 aromatic carbocycles. The van der Waals surface area contributed by atoms with Gasteiger partial charge in [-0.05, 0) is 0 Å². The number of carboxylic acid groups (broad SMARTS) is 6. The van der Waals surface area contributed by atoms with E-state index in [0.29, 0.717) is 0 Å². The van der Waals surface area contributed by atoms with Crippen LogP contribution in [0.4, 0.5) is 0 Å². The summed E-state index contributed by atoms with van der Waals surface area (Å²) >= 11 is 0. The molecule has 0 aromatic rings. The monoisotopic (exact) mass is 352 g/mol. The van der Waals surface area contributed by atoms with Crippen molar-refractivity contribution in [2.75, 3.05) is 0 Å². The van der Waals surface area contributed by atoms with Crippen molar-refractivity contribution in [1.82, 2.24) is 0 Å². The van der Waals surface area contributed by atoms with E-state index in [1.54, 1.807) is 0 Å². The molecule has 12 heteroatoms. The van der Waals surface area contributed by atoms with Gasteiger partial charge in [0, 0.05) is 13.8 Å². The molecule has 1 rings (SSSR count). The van der Waals surface area contributed by atoms with Crippen LogP contribution in [0.2, 0.25) is 0 Å². The van der Waals surface area contributed by atoms with E-state index < -0.39 is 59.5 Å². The Morgan fingerprint density at radius 3 is 0.583 bits per heavy atom. The van der Waals surface area contributed by atoms with Crippen LogP contribution in [-0.4, -0.2) is 66.5 Å². The van der Waals surface area contributed by atoms with Crippen LogP contribution in [0.1, 0.15) is 13.8 Å². The molecule has 0 radical (unpaired) electrons. The molecule has 0 aromatic heterocycles. The first-order valence-electron chi connectivity index (χ1n) is 6.05. The lowest BCUT2D eigenvalue weighted by Crippen LogP contribution is -2.59. The highest BCUT2D eigenvalue weighted by Crippen LogP contribution is 2.46. The number of carboxylic acids is 6. The molecule has 1 aliphatic carbocycles. The maximum absolute atomic E-state index is 10.7. The van der Waals surface area contributed by atoms with Crippen molar-refractivity contribution in [3.63, 3.8) is 0 Å². The Morgan fingerprint density at radius 2 is 0.542 bits per heavy atom. The number of hydrogen-bond donors (Lipinski definition) is 6. The van der Waals surface area contributed by atoms with Gasteiger partial charge >= 0.3 is 23.9 Å². The third-order valence-electron chi connectivity index (χ3n) is 2.69. The van der Waals surface area contributed by atoms with Gasteiger partial charge in [0.2, 0.25) is 0 Å². The lowest BCUT2D eigenvalue weighted by molar-refractivity contribution is -0.191. The van der Waals surface area contributed by atoms with Gasteiger partial charge in [0.1, 0.15) is 0 Å². The first kappa shape index (κ1) is 23.1. The van der Waals surface area contributed by atoms with Crippen molar-refractivity contribution >= 4 is 35.8 Å². The lowest BCUT2D eigenvalue weighted by atomic mass is 9.56. The summed E-state index contributed by atoms with van der Waals surface area (Å²) in [5.74, 6) is -14.9. The second-order valence-corrected chi connectivity index (χ2v) is 4.49. The van der Waals surface area contributed by atoms with E-state index in [1.165, 1.54) is 0 Å². The van der Waals surface area contributed by atoms with Gasteiger partial charge < -0.3 is 30.6 Å². The van der Waals surface area contributed by atoms with Crippen LogP contribution < -0.4 is 0 Å². The van der Waals surface area contributed by atoms with Gasteiger partial charge in [0.05, 0.1) is 23.7 Å². The minimum absolute atomic E-state index is 0.833. The van der Waals surface area contributed by atoms with E-state index >= 15 is 0 Å². The minimum atomic E-state index is -1.70. The van der Waals surface area contributed by atoms with Crippen molar-refractivity contribution in [3.05, 3.63) is 0 Å². The summed E-state index contributed by atoms with van der Waals surface area (Å²) in [4.78, 5) is 60.6. The van der Waals surface area contributed by atoms with Crippen molar-refractivity contribution < 1.29 is 59.4 Å². The second-order valence-electron chi connectivity index (χ2n) is 4.49. The molecular formula is C12H16O12. The predicted octanol–water partition coefficient (Wildman–Crippen LogP) is -1.01. The Hall–Kier alpha value is -3.18. The highest BCUT2D eigenvalue weighted by Gasteiger charge is 2.64. The Balaban J connectivity index is 0. The molecule has 24 heavy (non-hydrogen) atoms. The van der Waals surface area contributed by atoms with Crippen molar-refractivity contribution in [2.24, 2.45) is 23.7 Å². The molecule has 0 spiro atoms. The van der Waals surface area contributed by atoms with Crippen molar-refractivity contribution in [2.45, 2.75) is 13.8 Å². The van der Waals surface area contributed by atoms with Crippen molar-refractivity contribution in [1.29, 1.82) is 0 Å². The maximum Gasteiger partial charge on any atom is 0.308 e. The smallest absolute Gasteiger partial charge is 0.308 e. The summed E-state index contributed by atoms with van der Waals surface area (Å²) < 4.78 is 0. The molecule has 0 amide bonds. The molecule has 0 atom stereocenters. The van der Waals surface area contributed by atoms with E-state index in [9.17, 15) is 19.2 Å². The molecule has 0 saturated heterocycles. The highest BCUT2D eigenvalue weighted by molar-refractivity contribution is 5.95. The molecule has 1 fully saturated rings. The summed E-state index contributed by atoms with van der Waals surface area (Å²) in [5.41, 5.74) is 0. The van der Waals surface area contributed by atoms with Crippen LogP contribution in [0.3, 0.4) is 0 Å². The van der Waals surface area contributed by atoms with Gasteiger partial charge in [-0.1, -0.05) is 0 Å². The average molecular weight is 352 g/mol. The summed E-state index contributed by atoms with van der Waals surface area (Å²) in [6.45, 7) is 2.17. The molecule has 6 N–H and O–H groups in total. The normalized spacial score (nSPS) is 23.8. The number of aliphatic carboxylic acids is 6. The van der Waals surface area contributed by atoms with Crippen LogP contribution in [0.5, 0.6) is 0 Å². The molecule has 0 bridgehead atoms. The number of carbonyl (C=O) groups is 6. The van der Waals surface area contributed by atoms with Gasteiger partial charge in [-0.3, -0.25) is 28.8 Å². The standard InChI is InChI=1S/C8H8O8.2C2H4O2/c9-5(10)1-2(6(11)12)4(8(15)16)3(1)7(13)14;2*1-2(3)4/h1-4H,(H,9,10)(H,11,12)(H,13,14)(H,15,16);2*1H3,(H,3,4).